The van der Waals surface area contributed by atoms with Gasteiger partial charge in [0.15, 0.2) is 5.82 Å². The van der Waals surface area contributed by atoms with Crippen molar-refractivity contribution in [2.45, 2.75) is 70.0 Å². The molecule has 126 valence electrons. The van der Waals surface area contributed by atoms with Crippen molar-refractivity contribution in [2.75, 3.05) is 20.1 Å². The number of likely N-dealkylation sites (tertiary alicyclic amines) is 1. The molecule has 4 unspecified atom stereocenters. The number of rotatable bonds is 4. The van der Waals surface area contributed by atoms with E-state index in [4.69, 9.17) is 9.51 Å². The number of aromatic nitrogens is 2. The third kappa shape index (κ3) is 2.43. The van der Waals surface area contributed by atoms with Gasteiger partial charge >= 0.3 is 0 Å². The van der Waals surface area contributed by atoms with Crippen LogP contribution in [-0.2, 0) is 13.0 Å². The van der Waals surface area contributed by atoms with E-state index in [-0.39, 0.29) is 0 Å². The lowest BCUT2D eigenvalue weighted by molar-refractivity contribution is 0.122. The van der Waals surface area contributed by atoms with Crippen molar-refractivity contribution >= 4 is 0 Å². The molecule has 0 radical (unpaired) electrons. The summed E-state index contributed by atoms with van der Waals surface area (Å²) >= 11 is 0. The molecule has 0 spiro atoms. The van der Waals surface area contributed by atoms with E-state index in [1.165, 1.54) is 58.0 Å². The fourth-order valence-electron chi connectivity index (χ4n) is 5.72. The van der Waals surface area contributed by atoms with Crippen LogP contribution in [0.5, 0.6) is 0 Å². The summed E-state index contributed by atoms with van der Waals surface area (Å²) in [4.78, 5) is 9.84. The summed E-state index contributed by atoms with van der Waals surface area (Å²) in [7, 11) is 2.33. The zero-order valence-corrected chi connectivity index (χ0v) is 14.2. The number of nitrogens with zero attached hydrogens (tertiary/aromatic N) is 4. The van der Waals surface area contributed by atoms with Crippen LogP contribution < -0.4 is 0 Å². The summed E-state index contributed by atoms with van der Waals surface area (Å²) in [5.41, 5.74) is 0.493. The molecule has 1 saturated carbocycles. The molecule has 0 aromatic carbocycles. The fourth-order valence-corrected chi connectivity index (χ4v) is 5.72. The van der Waals surface area contributed by atoms with Gasteiger partial charge in [0.1, 0.15) is 0 Å². The second-order valence-corrected chi connectivity index (χ2v) is 8.46. The Balaban J connectivity index is 1.24. The van der Waals surface area contributed by atoms with E-state index in [1.807, 2.05) is 0 Å². The van der Waals surface area contributed by atoms with Gasteiger partial charge in [-0.05, 0) is 70.0 Å². The Hall–Kier alpha value is -0.940. The zero-order chi connectivity index (χ0) is 15.4. The Kier molecular flexibility index (Phi) is 3.31. The number of hydrogen-bond donors (Lipinski definition) is 0. The van der Waals surface area contributed by atoms with Crippen molar-refractivity contribution in [3.8, 4) is 0 Å². The van der Waals surface area contributed by atoms with Crippen LogP contribution in [0.2, 0.25) is 0 Å². The molecule has 2 bridgehead atoms. The number of fused-ring (bicyclic) bond motifs is 4. The maximum atomic E-state index is 5.62. The molecule has 1 aromatic rings. The molecule has 4 fully saturated rings. The van der Waals surface area contributed by atoms with Crippen LogP contribution in [-0.4, -0.2) is 52.2 Å². The highest BCUT2D eigenvalue weighted by atomic mass is 16.5. The molecule has 3 aliphatic heterocycles. The fraction of sp³-hybridized carbons (Fsp3) is 0.889. The van der Waals surface area contributed by atoms with Crippen molar-refractivity contribution in [2.24, 2.45) is 11.3 Å². The molecule has 1 aliphatic carbocycles. The first-order valence-corrected chi connectivity index (χ1v) is 9.49. The molecule has 4 aliphatic rings. The van der Waals surface area contributed by atoms with Crippen LogP contribution in [0.25, 0.3) is 0 Å². The summed E-state index contributed by atoms with van der Waals surface area (Å²) in [6.07, 6.45) is 10.5. The first kappa shape index (κ1) is 14.4. The van der Waals surface area contributed by atoms with Crippen LogP contribution in [0.1, 0.15) is 56.7 Å². The monoisotopic (exact) mass is 316 g/mol. The molecule has 3 saturated heterocycles. The van der Waals surface area contributed by atoms with Crippen LogP contribution in [0.15, 0.2) is 4.52 Å². The minimum Gasteiger partial charge on any atom is -0.339 e. The van der Waals surface area contributed by atoms with Gasteiger partial charge in [-0.15, -0.1) is 0 Å². The molecule has 1 aromatic heterocycles. The Morgan fingerprint density at radius 1 is 1.17 bits per heavy atom. The Morgan fingerprint density at radius 3 is 2.91 bits per heavy atom. The highest BCUT2D eigenvalue weighted by Gasteiger charge is 2.64. The molecule has 4 atom stereocenters. The predicted molar refractivity (Wildman–Crippen MR) is 86.9 cm³/mol. The van der Waals surface area contributed by atoms with E-state index in [1.54, 1.807) is 0 Å². The minimum absolute atomic E-state index is 0.493. The molecule has 0 N–H and O–H groups in total. The lowest BCUT2D eigenvalue weighted by Gasteiger charge is -2.35. The van der Waals surface area contributed by atoms with Gasteiger partial charge in [-0.25, -0.2) is 0 Å². The van der Waals surface area contributed by atoms with Gasteiger partial charge in [-0.3, -0.25) is 4.90 Å². The average molecular weight is 316 g/mol. The maximum absolute atomic E-state index is 5.62. The van der Waals surface area contributed by atoms with Crippen molar-refractivity contribution in [3.05, 3.63) is 11.7 Å². The lowest BCUT2D eigenvalue weighted by atomic mass is 9.87. The summed E-state index contributed by atoms with van der Waals surface area (Å²) in [5, 5.41) is 4.26. The Morgan fingerprint density at radius 2 is 2.04 bits per heavy atom. The topological polar surface area (TPSA) is 45.4 Å². The highest BCUT2D eigenvalue weighted by Crippen LogP contribution is 2.66. The van der Waals surface area contributed by atoms with Gasteiger partial charge in [-0.2, -0.15) is 4.98 Å². The van der Waals surface area contributed by atoms with Crippen LogP contribution in [0.3, 0.4) is 0 Å². The van der Waals surface area contributed by atoms with Crippen molar-refractivity contribution in [1.82, 2.24) is 19.9 Å². The molecule has 4 heterocycles. The second kappa shape index (κ2) is 5.28. The zero-order valence-electron chi connectivity index (χ0n) is 14.2. The summed E-state index contributed by atoms with van der Waals surface area (Å²) in [5.74, 6) is 2.67. The summed E-state index contributed by atoms with van der Waals surface area (Å²) < 4.78 is 5.62. The lowest BCUT2D eigenvalue weighted by Crippen LogP contribution is -2.41. The summed E-state index contributed by atoms with van der Waals surface area (Å²) in [6, 6.07) is 1.62. The number of hydrogen-bond acceptors (Lipinski definition) is 5. The van der Waals surface area contributed by atoms with Crippen molar-refractivity contribution < 1.29 is 4.52 Å². The summed E-state index contributed by atoms with van der Waals surface area (Å²) in [6.45, 7) is 3.24. The van der Waals surface area contributed by atoms with E-state index >= 15 is 0 Å². The first-order chi connectivity index (χ1) is 11.2. The molecule has 5 nitrogen and oxygen atoms in total. The molecule has 0 amide bonds. The molecular weight excluding hydrogens is 288 g/mol. The normalized spacial score (nSPS) is 40.3. The maximum Gasteiger partial charge on any atom is 0.227 e. The van der Waals surface area contributed by atoms with Gasteiger partial charge in [0.25, 0.3) is 0 Å². The minimum atomic E-state index is 0.493. The van der Waals surface area contributed by atoms with Gasteiger partial charge in [0.05, 0.1) is 6.54 Å². The smallest absolute Gasteiger partial charge is 0.227 e. The third-order valence-electron chi connectivity index (χ3n) is 7.08. The van der Waals surface area contributed by atoms with E-state index in [2.05, 4.69) is 22.0 Å². The number of piperidine rings is 2. The SMILES string of the molecule is CN1C2CCC1C1CC1(Cc1nc(CN3CCCCC3)no1)C2. The molecular formula is C18H28N4O. The standard InChI is InChI=1S/C18H28N4O/c1-21-13-5-6-15(21)14-10-18(14,9-13)11-17-19-16(20-23-17)12-22-7-3-2-4-8-22/h13-15H,2-12H2,1H3. The van der Waals surface area contributed by atoms with E-state index in [0.29, 0.717) is 5.41 Å². The van der Waals surface area contributed by atoms with Crippen molar-refractivity contribution in [1.29, 1.82) is 0 Å². The van der Waals surface area contributed by atoms with Gasteiger partial charge < -0.3 is 9.42 Å². The van der Waals surface area contributed by atoms with Gasteiger partial charge in [-0.1, -0.05) is 11.6 Å². The van der Waals surface area contributed by atoms with E-state index < -0.39 is 0 Å². The Labute approximate surface area is 138 Å². The first-order valence-electron chi connectivity index (χ1n) is 9.49. The molecule has 5 rings (SSSR count). The molecule has 23 heavy (non-hydrogen) atoms. The molecule has 5 heteroatoms. The quantitative estimate of drug-likeness (QED) is 0.854. The van der Waals surface area contributed by atoms with Crippen molar-refractivity contribution in [3.63, 3.8) is 0 Å². The van der Waals surface area contributed by atoms with Gasteiger partial charge in [0.2, 0.25) is 5.89 Å². The van der Waals surface area contributed by atoms with Gasteiger partial charge in [0, 0.05) is 18.5 Å². The van der Waals surface area contributed by atoms with Crippen LogP contribution >= 0.6 is 0 Å². The third-order valence-corrected chi connectivity index (χ3v) is 7.08. The highest BCUT2D eigenvalue weighted by molar-refractivity contribution is 5.18. The van der Waals surface area contributed by atoms with E-state index in [0.717, 1.165) is 42.7 Å². The largest absolute Gasteiger partial charge is 0.339 e. The Bertz CT molecular complexity index is 581. The van der Waals surface area contributed by atoms with Crippen LogP contribution in [0.4, 0.5) is 0 Å². The second-order valence-electron chi connectivity index (χ2n) is 8.46. The predicted octanol–water partition coefficient (Wildman–Crippen LogP) is 2.47. The average Bonchev–Trinajstić information content (AvgIpc) is 2.95. The van der Waals surface area contributed by atoms with E-state index in [9.17, 15) is 0 Å². The van der Waals surface area contributed by atoms with Crippen LogP contribution in [0, 0.1) is 11.3 Å².